The molecule has 7 nitrogen and oxygen atoms in total. The molecule has 1 aromatic carbocycles. The molecule has 0 unspecified atom stereocenters. The van der Waals surface area contributed by atoms with Crippen LogP contribution >= 0.6 is 22.9 Å². The van der Waals surface area contributed by atoms with Crippen LogP contribution in [-0.4, -0.2) is 22.0 Å². The topological polar surface area (TPSA) is 97.1 Å². The van der Waals surface area contributed by atoms with E-state index < -0.39 is 5.91 Å². The second kappa shape index (κ2) is 7.91. The fourth-order valence-electron chi connectivity index (χ4n) is 1.98. The molecule has 0 spiro atoms. The van der Waals surface area contributed by atoms with Crippen molar-refractivity contribution in [1.82, 2.24) is 21.0 Å². The van der Waals surface area contributed by atoms with E-state index in [4.69, 9.17) is 16.1 Å². The van der Waals surface area contributed by atoms with Crippen molar-refractivity contribution in [2.45, 2.75) is 12.8 Å². The molecule has 3 aromatic rings. The molecule has 25 heavy (non-hydrogen) atoms. The third kappa shape index (κ3) is 4.65. The van der Waals surface area contributed by atoms with Gasteiger partial charge in [0.1, 0.15) is 0 Å². The number of hydrazine groups is 1. The highest BCUT2D eigenvalue weighted by molar-refractivity contribution is 7.08. The molecule has 0 aliphatic rings. The van der Waals surface area contributed by atoms with Gasteiger partial charge in [-0.05, 0) is 29.6 Å². The normalized spacial score (nSPS) is 10.4. The highest BCUT2D eigenvalue weighted by Gasteiger charge is 2.12. The van der Waals surface area contributed by atoms with Gasteiger partial charge in [-0.15, -0.1) is 0 Å². The van der Waals surface area contributed by atoms with Crippen LogP contribution in [0.15, 0.2) is 45.6 Å². The molecule has 128 valence electrons. The molecule has 2 N–H and O–H groups in total. The van der Waals surface area contributed by atoms with E-state index in [1.54, 1.807) is 18.2 Å². The van der Waals surface area contributed by atoms with Crippen molar-refractivity contribution in [2.24, 2.45) is 0 Å². The summed E-state index contributed by atoms with van der Waals surface area (Å²) in [7, 11) is 0. The van der Waals surface area contributed by atoms with E-state index in [9.17, 15) is 9.59 Å². The third-order valence-corrected chi connectivity index (χ3v) is 4.13. The number of aryl methyl sites for hydroxylation is 1. The second-order valence-corrected chi connectivity index (χ2v) is 6.25. The van der Waals surface area contributed by atoms with Gasteiger partial charge in [0.05, 0.1) is 0 Å². The SMILES string of the molecule is O=C(CCc1nc(-c2ccsc2)no1)NNC(=O)c1cccc(Cl)c1. The van der Waals surface area contributed by atoms with Gasteiger partial charge >= 0.3 is 0 Å². The second-order valence-electron chi connectivity index (χ2n) is 5.04. The molecule has 2 aromatic heterocycles. The minimum Gasteiger partial charge on any atom is -0.339 e. The molecule has 0 saturated carbocycles. The lowest BCUT2D eigenvalue weighted by molar-refractivity contribution is -0.121. The molecular formula is C16H13ClN4O3S. The van der Waals surface area contributed by atoms with Gasteiger partial charge in [-0.25, -0.2) is 0 Å². The van der Waals surface area contributed by atoms with E-state index in [0.717, 1.165) is 5.56 Å². The first kappa shape index (κ1) is 17.1. The number of carbonyl (C=O) groups is 2. The Labute approximate surface area is 152 Å². The molecular weight excluding hydrogens is 364 g/mol. The molecule has 0 radical (unpaired) electrons. The Morgan fingerprint density at radius 1 is 1.24 bits per heavy atom. The lowest BCUT2D eigenvalue weighted by Crippen LogP contribution is -2.41. The van der Waals surface area contributed by atoms with Crippen LogP contribution in [0.4, 0.5) is 0 Å². The molecule has 0 bridgehead atoms. The summed E-state index contributed by atoms with van der Waals surface area (Å²) in [5, 5.41) is 8.13. The Balaban J connectivity index is 1.46. The predicted octanol–water partition coefficient (Wildman–Crippen LogP) is 2.85. The zero-order valence-electron chi connectivity index (χ0n) is 12.9. The Morgan fingerprint density at radius 3 is 2.88 bits per heavy atom. The first-order valence-corrected chi connectivity index (χ1v) is 8.64. The summed E-state index contributed by atoms with van der Waals surface area (Å²) in [6, 6.07) is 8.30. The monoisotopic (exact) mass is 376 g/mol. The van der Waals surface area contributed by atoms with Crippen molar-refractivity contribution < 1.29 is 14.1 Å². The van der Waals surface area contributed by atoms with Crippen LogP contribution in [0.25, 0.3) is 11.4 Å². The first-order chi connectivity index (χ1) is 12.1. The third-order valence-electron chi connectivity index (χ3n) is 3.22. The van der Waals surface area contributed by atoms with Crippen molar-refractivity contribution in [3.05, 3.63) is 57.6 Å². The quantitative estimate of drug-likeness (QED) is 0.667. The summed E-state index contributed by atoms with van der Waals surface area (Å²) < 4.78 is 5.11. The predicted molar refractivity (Wildman–Crippen MR) is 93.0 cm³/mol. The summed E-state index contributed by atoms with van der Waals surface area (Å²) in [5.41, 5.74) is 5.89. The standard InChI is InChI=1S/C16H13ClN4O3S/c17-12-3-1-2-10(8-12)16(23)20-19-13(22)4-5-14-18-15(21-24-14)11-6-7-25-9-11/h1-3,6-9H,4-5H2,(H,19,22)(H,20,23). The van der Waals surface area contributed by atoms with Crippen LogP contribution < -0.4 is 10.9 Å². The minimum atomic E-state index is -0.451. The maximum Gasteiger partial charge on any atom is 0.269 e. The van der Waals surface area contributed by atoms with Gasteiger partial charge in [0.15, 0.2) is 0 Å². The van der Waals surface area contributed by atoms with Crippen molar-refractivity contribution in [3.8, 4) is 11.4 Å². The highest BCUT2D eigenvalue weighted by Crippen LogP contribution is 2.18. The van der Waals surface area contributed by atoms with E-state index in [-0.39, 0.29) is 18.7 Å². The van der Waals surface area contributed by atoms with Gasteiger partial charge in [-0.3, -0.25) is 20.4 Å². The fraction of sp³-hybridized carbons (Fsp3) is 0.125. The van der Waals surface area contributed by atoms with Gasteiger partial charge in [0.2, 0.25) is 17.6 Å². The molecule has 0 atom stereocenters. The number of nitrogens with zero attached hydrogens (tertiary/aromatic N) is 2. The number of hydrogen-bond acceptors (Lipinski definition) is 6. The molecule has 0 saturated heterocycles. The number of benzene rings is 1. The van der Waals surface area contributed by atoms with E-state index >= 15 is 0 Å². The van der Waals surface area contributed by atoms with Crippen LogP contribution in [0.2, 0.25) is 5.02 Å². The fourth-order valence-corrected chi connectivity index (χ4v) is 2.80. The number of amides is 2. The number of halogens is 1. The Kier molecular flexibility index (Phi) is 5.42. The molecule has 0 aliphatic heterocycles. The maximum atomic E-state index is 11.9. The minimum absolute atomic E-state index is 0.0983. The molecule has 2 amide bonds. The van der Waals surface area contributed by atoms with Gasteiger partial charge in [0.25, 0.3) is 5.91 Å². The number of thiophene rings is 1. The molecule has 0 fully saturated rings. The van der Waals surface area contributed by atoms with Gasteiger partial charge < -0.3 is 4.52 Å². The number of hydrogen-bond donors (Lipinski definition) is 2. The number of aromatic nitrogens is 2. The van der Waals surface area contributed by atoms with E-state index in [2.05, 4.69) is 21.0 Å². The zero-order chi connectivity index (χ0) is 17.6. The molecule has 2 heterocycles. The number of rotatable bonds is 5. The lowest BCUT2D eigenvalue weighted by Gasteiger charge is -2.06. The molecule has 9 heteroatoms. The summed E-state index contributed by atoms with van der Waals surface area (Å²) in [6.07, 6.45) is 0.372. The van der Waals surface area contributed by atoms with Crippen LogP contribution in [0.3, 0.4) is 0 Å². The summed E-state index contributed by atoms with van der Waals surface area (Å²) in [5.74, 6) is 0.0301. The Morgan fingerprint density at radius 2 is 2.12 bits per heavy atom. The summed E-state index contributed by atoms with van der Waals surface area (Å²) >= 11 is 7.35. The summed E-state index contributed by atoms with van der Waals surface area (Å²) in [4.78, 5) is 27.9. The number of nitrogens with one attached hydrogen (secondary N) is 2. The van der Waals surface area contributed by atoms with Gasteiger partial charge in [-0.2, -0.15) is 16.3 Å². The first-order valence-electron chi connectivity index (χ1n) is 7.32. The highest BCUT2D eigenvalue weighted by atomic mass is 35.5. The molecule has 0 aliphatic carbocycles. The average Bonchev–Trinajstić information content (AvgIpc) is 3.29. The largest absolute Gasteiger partial charge is 0.339 e. The van der Waals surface area contributed by atoms with Crippen molar-refractivity contribution in [1.29, 1.82) is 0 Å². The average molecular weight is 377 g/mol. The van der Waals surface area contributed by atoms with Crippen LogP contribution in [0.1, 0.15) is 22.7 Å². The molecule has 3 rings (SSSR count). The van der Waals surface area contributed by atoms with E-state index in [0.29, 0.717) is 22.3 Å². The van der Waals surface area contributed by atoms with Crippen LogP contribution in [0, 0.1) is 0 Å². The van der Waals surface area contributed by atoms with Crippen LogP contribution in [-0.2, 0) is 11.2 Å². The van der Waals surface area contributed by atoms with Crippen molar-refractivity contribution >= 4 is 34.8 Å². The van der Waals surface area contributed by atoms with Gasteiger partial charge in [0, 0.05) is 34.4 Å². The van der Waals surface area contributed by atoms with Crippen molar-refractivity contribution in [2.75, 3.05) is 0 Å². The van der Waals surface area contributed by atoms with Crippen LogP contribution in [0.5, 0.6) is 0 Å². The van der Waals surface area contributed by atoms with Crippen molar-refractivity contribution in [3.63, 3.8) is 0 Å². The zero-order valence-corrected chi connectivity index (χ0v) is 14.4. The lowest BCUT2D eigenvalue weighted by atomic mass is 10.2. The smallest absolute Gasteiger partial charge is 0.269 e. The van der Waals surface area contributed by atoms with E-state index in [1.807, 2.05) is 16.8 Å². The number of carbonyl (C=O) groups excluding carboxylic acids is 2. The van der Waals surface area contributed by atoms with Gasteiger partial charge in [-0.1, -0.05) is 22.8 Å². The maximum absolute atomic E-state index is 11.9. The summed E-state index contributed by atoms with van der Waals surface area (Å²) in [6.45, 7) is 0. The Hall–Kier alpha value is -2.71. The Bertz CT molecular complexity index is 879. The van der Waals surface area contributed by atoms with E-state index in [1.165, 1.54) is 17.4 Å².